The maximum Gasteiger partial charge on any atom is 0.191 e. The first kappa shape index (κ1) is 21.2. The molecule has 0 unspecified atom stereocenters. The first-order valence-corrected chi connectivity index (χ1v) is 10.1. The van der Waals surface area contributed by atoms with Crippen molar-refractivity contribution in [2.75, 3.05) is 20.1 Å². The fraction of sp³-hybridized carbons (Fsp3) is 0.579. The zero-order valence-corrected chi connectivity index (χ0v) is 18.8. The Morgan fingerprint density at radius 2 is 2.12 bits per heavy atom. The van der Waals surface area contributed by atoms with Gasteiger partial charge in [0.15, 0.2) is 5.96 Å². The minimum Gasteiger partial charge on any atom is -0.356 e. The van der Waals surface area contributed by atoms with Crippen molar-refractivity contribution < 1.29 is 0 Å². The number of halogens is 1. The van der Waals surface area contributed by atoms with Crippen molar-refractivity contribution in [3.05, 3.63) is 40.3 Å². The summed E-state index contributed by atoms with van der Waals surface area (Å²) in [5.41, 5.74) is 1.51. The number of thiophene rings is 1. The second-order valence-corrected chi connectivity index (χ2v) is 7.89. The van der Waals surface area contributed by atoms with E-state index in [2.05, 4.69) is 44.4 Å². The van der Waals surface area contributed by atoms with Crippen LogP contribution in [0.4, 0.5) is 0 Å². The van der Waals surface area contributed by atoms with Crippen molar-refractivity contribution in [2.24, 2.45) is 12.0 Å². The zero-order valence-electron chi connectivity index (χ0n) is 15.7. The van der Waals surface area contributed by atoms with Crippen molar-refractivity contribution in [1.29, 1.82) is 0 Å². The number of guanidine groups is 1. The van der Waals surface area contributed by atoms with Gasteiger partial charge in [-0.2, -0.15) is 5.10 Å². The van der Waals surface area contributed by atoms with E-state index in [1.807, 2.05) is 36.3 Å². The number of rotatable bonds is 6. The third-order valence-corrected chi connectivity index (χ3v) is 6.25. The van der Waals surface area contributed by atoms with Gasteiger partial charge >= 0.3 is 0 Å². The maximum absolute atomic E-state index is 4.40. The third kappa shape index (κ3) is 5.45. The standard InChI is InChI=1S/C19H29N5S.HI/c1-20-18(21-11-8-16-13-23-24(2)14-16)22-15-19(9-4-3-5-10-19)17-7-6-12-25-17;/h6-7,12-14H,3-5,8-11,15H2,1-2H3,(H2,20,21,22);1H. The van der Waals surface area contributed by atoms with Crippen LogP contribution in [0.3, 0.4) is 0 Å². The summed E-state index contributed by atoms with van der Waals surface area (Å²) >= 11 is 1.90. The fourth-order valence-electron chi connectivity index (χ4n) is 3.72. The van der Waals surface area contributed by atoms with Crippen LogP contribution in [0, 0.1) is 0 Å². The van der Waals surface area contributed by atoms with Gasteiger partial charge in [0.1, 0.15) is 0 Å². The first-order valence-electron chi connectivity index (χ1n) is 9.18. The highest BCUT2D eigenvalue weighted by molar-refractivity contribution is 14.0. The lowest BCUT2D eigenvalue weighted by molar-refractivity contribution is 0.296. The van der Waals surface area contributed by atoms with E-state index in [1.165, 1.54) is 42.5 Å². The van der Waals surface area contributed by atoms with Gasteiger partial charge in [-0.3, -0.25) is 9.67 Å². The Hall–Kier alpha value is -1.09. The highest BCUT2D eigenvalue weighted by atomic mass is 127. The zero-order chi connectivity index (χ0) is 17.5. The summed E-state index contributed by atoms with van der Waals surface area (Å²) in [5.74, 6) is 0.894. The van der Waals surface area contributed by atoms with Crippen molar-refractivity contribution in [2.45, 2.75) is 43.9 Å². The van der Waals surface area contributed by atoms with Crippen molar-refractivity contribution >= 4 is 41.3 Å². The molecule has 0 aromatic carbocycles. The quantitative estimate of drug-likeness (QED) is 0.371. The molecule has 1 fully saturated rings. The first-order chi connectivity index (χ1) is 12.2. The Kier molecular flexibility index (Phi) is 8.40. The Morgan fingerprint density at radius 3 is 2.73 bits per heavy atom. The van der Waals surface area contributed by atoms with Crippen LogP contribution in [0.25, 0.3) is 0 Å². The molecule has 3 rings (SSSR count). The number of aromatic nitrogens is 2. The number of nitrogens with one attached hydrogen (secondary N) is 2. The van der Waals surface area contributed by atoms with Crippen molar-refractivity contribution in [3.63, 3.8) is 0 Å². The van der Waals surface area contributed by atoms with Crippen LogP contribution < -0.4 is 10.6 Å². The molecule has 0 bridgehead atoms. The molecule has 144 valence electrons. The number of nitrogens with zero attached hydrogens (tertiary/aromatic N) is 3. The van der Waals surface area contributed by atoms with E-state index >= 15 is 0 Å². The van der Waals surface area contributed by atoms with E-state index in [1.54, 1.807) is 0 Å². The molecule has 7 heteroatoms. The number of hydrogen-bond acceptors (Lipinski definition) is 3. The smallest absolute Gasteiger partial charge is 0.191 e. The monoisotopic (exact) mass is 487 g/mol. The molecule has 2 N–H and O–H groups in total. The van der Waals surface area contributed by atoms with Crippen LogP contribution in [-0.4, -0.2) is 35.9 Å². The lowest BCUT2D eigenvalue weighted by atomic mass is 9.73. The van der Waals surface area contributed by atoms with E-state index in [4.69, 9.17) is 0 Å². The summed E-state index contributed by atoms with van der Waals surface area (Å²) in [5, 5.41) is 13.4. The molecule has 0 atom stereocenters. The number of hydrogen-bond donors (Lipinski definition) is 2. The molecule has 0 amide bonds. The highest BCUT2D eigenvalue weighted by Gasteiger charge is 2.34. The summed E-state index contributed by atoms with van der Waals surface area (Å²) in [6.45, 7) is 1.82. The molecule has 5 nitrogen and oxygen atoms in total. The third-order valence-electron chi connectivity index (χ3n) is 5.14. The topological polar surface area (TPSA) is 54.2 Å². The van der Waals surface area contributed by atoms with Crippen LogP contribution in [0.2, 0.25) is 0 Å². The Morgan fingerprint density at radius 1 is 1.31 bits per heavy atom. The normalized spacial score (nSPS) is 16.8. The summed E-state index contributed by atoms with van der Waals surface area (Å²) in [6.07, 6.45) is 11.5. The van der Waals surface area contributed by atoms with E-state index in [0.717, 1.165) is 25.5 Å². The molecule has 26 heavy (non-hydrogen) atoms. The van der Waals surface area contributed by atoms with Crippen LogP contribution in [-0.2, 0) is 18.9 Å². The summed E-state index contributed by atoms with van der Waals surface area (Å²) in [6, 6.07) is 4.48. The molecule has 1 aliphatic rings. The van der Waals surface area contributed by atoms with E-state index in [-0.39, 0.29) is 29.4 Å². The van der Waals surface area contributed by atoms with Crippen LogP contribution in [0.1, 0.15) is 42.5 Å². The van der Waals surface area contributed by atoms with Gasteiger partial charge in [-0.25, -0.2) is 0 Å². The van der Waals surface area contributed by atoms with Gasteiger partial charge in [-0.05, 0) is 36.3 Å². The Balaban J connectivity index is 0.00000243. The van der Waals surface area contributed by atoms with Gasteiger partial charge in [-0.15, -0.1) is 35.3 Å². The largest absolute Gasteiger partial charge is 0.356 e. The fourth-order valence-corrected chi connectivity index (χ4v) is 4.71. The molecule has 0 saturated heterocycles. The van der Waals surface area contributed by atoms with Gasteiger partial charge in [0.05, 0.1) is 6.20 Å². The molecular formula is C19H30IN5S. The maximum atomic E-state index is 4.40. The molecule has 2 heterocycles. The molecule has 0 aliphatic heterocycles. The predicted octanol–water partition coefficient (Wildman–Crippen LogP) is 3.71. The molecule has 0 radical (unpaired) electrons. The SMILES string of the molecule is CN=C(NCCc1cnn(C)c1)NCC1(c2cccs2)CCCCC1.I. The van der Waals surface area contributed by atoms with E-state index < -0.39 is 0 Å². The summed E-state index contributed by atoms with van der Waals surface area (Å²) in [7, 11) is 3.80. The Labute approximate surface area is 177 Å². The van der Waals surface area contributed by atoms with Gasteiger partial charge in [0.25, 0.3) is 0 Å². The average Bonchev–Trinajstić information content (AvgIpc) is 3.31. The molecular weight excluding hydrogens is 457 g/mol. The van der Waals surface area contributed by atoms with E-state index in [9.17, 15) is 0 Å². The average molecular weight is 487 g/mol. The molecule has 2 aromatic rings. The number of aryl methyl sites for hydroxylation is 1. The lowest BCUT2D eigenvalue weighted by Gasteiger charge is -2.37. The Bertz CT molecular complexity index is 674. The molecule has 0 spiro atoms. The predicted molar refractivity (Wildman–Crippen MR) is 121 cm³/mol. The second kappa shape index (κ2) is 10.3. The highest BCUT2D eigenvalue weighted by Crippen LogP contribution is 2.41. The molecule has 1 saturated carbocycles. The van der Waals surface area contributed by atoms with Crippen LogP contribution >= 0.6 is 35.3 Å². The van der Waals surface area contributed by atoms with Gasteiger partial charge < -0.3 is 10.6 Å². The minimum absolute atomic E-state index is 0. The van der Waals surface area contributed by atoms with Crippen molar-refractivity contribution in [3.8, 4) is 0 Å². The molecule has 2 aromatic heterocycles. The molecule has 1 aliphatic carbocycles. The van der Waals surface area contributed by atoms with Gasteiger partial charge in [0.2, 0.25) is 0 Å². The lowest BCUT2D eigenvalue weighted by Crippen LogP contribution is -2.46. The minimum atomic E-state index is 0. The second-order valence-electron chi connectivity index (χ2n) is 6.94. The van der Waals surface area contributed by atoms with Gasteiger partial charge in [-0.1, -0.05) is 25.3 Å². The van der Waals surface area contributed by atoms with Crippen LogP contribution in [0.15, 0.2) is 34.9 Å². The van der Waals surface area contributed by atoms with Crippen LogP contribution in [0.5, 0.6) is 0 Å². The van der Waals surface area contributed by atoms with Gasteiger partial charge in [0, 0.05) is 43.7 Å². The summed E-state index contributed by atoms with van der Waals surface area (Å²) in [4.78, 5) is 5.92. The van der Waals surface area contributed by atoms with E-state index in [0.29, 0.717) is 0 Å². The van der Waals surface area contributed by atoms with Crippen molar-refractivity contribution in [1.82, 2.24) is 20.4 Å². The summed E-state index contributed by atoms with van der Waals surface area (Å²) < 4.78 is 1.84. The number of aliphatic imine (C=N–C) groups is 1.